The molecule has 0 spiro atoms. The molecule has 2 rings (SSSR count). The molecule has 8 heteroatoms. The average Bonchev–Trinajstić information content (AvgIpc) is 2.99. The first-order valence-electron chi connectivity index (χ1n) is 8.80. The number of nitrogens with zero attached hydrogens (tertiary/aromatic N) is 1. The number of alkyl halides is 3. The van der Waals surface area contributed by atoms with E-state index in [0.29, 0.717) is 5.56 Å². The number of carboxylic acids is 1. The van der Waals surface area contributed by atoms with Gasteiger partial charge in [0.2, 0.25) is 0 Å². The number of halogens is 3. The van der Waals surface area contributed by atoms with Crippen LogP contribution in [0.25, 0.3) is 0 Å². The van der Waals surface area contributed by atoms with Gasteiger partial charge in [-0.3, -0.25) is 9.59 Å². The van der Waals surface area contributed by atoms with Crippen LogP contribution in [-0.4, -0.2) is 46.3 Å². The maximum absolute atomic E-state index is 13.2. The Labute approximate surface area is 155 Å². The summed E-state index contributed by atoms with van der Waals surface area (Å²) in [6, 6.07) is 3.26. The Hall–Kier alpha value is -2.25. The van der Waals surface area contributed by atoms with Crippen LogP contribution < -0.4 is 0 Å². The lowest BCUT2D eigenvalue weighted by Crippen LogP contribution is -2.34. The van der Waals surface area contributed by atoms with Crippen LogP contribution in [0.1, 0.15) is 61.0 Å². The molecule has 1 aromatic rings. The smallest absolute Gasteiger partial charge is 0.394 e. The van der Waals surface area contributed by atoms with E-state index in [9.17, 15) is 27.9 Å². The Morgan fingerprint density at radius 1 is 1.11 bits per heavy atom. The van der Waals surface area contributed by atoms with E-state index >= 15 is 0 Å². The molecule has 0 aromatic heterocycles. The van der Waals surface area contributed by atoms with E-state index in [1.807, 2.05) is 27.7 Å². The Morgan fingerprint density at radius 2 is 1.70 bits per heavy atom. The minimum atomic E-state index is -4.72. The van der Waals surface area contributed by atoms with Gasteiger partial charge in [-0.2, -0.15) is 13.2 Å². The molecule has 0 unspecified atom stereocenters. The molecule has 1 aromatic carbocycles. The number of likely N-dealkylation sites (tertiary alicyclic amines) is 1. The summed E-state index contributed by atoms with van der Waals surface area (Å²) < 4.78 is 39.5. The maximum Gasteiger partial charge on any atom is 0.394 e. The van der Waals surface area contributed by atoms with Crippen LogP contribution in [-0.2, 0) is 4.79 Å². The average molecular weight is 387 g/mol. The fourth-order valence-corrected chi connectivity index (χ4v) is 3.34. The fourth-order valence-electron chi connectivity index (χ4n) is 3.34. The highest BCUT2D eigenvalue weighted by atomic mass is 19.4. The zero-order chi connectivity index (χ0) is 20.7. The number of hydrogen-bond donors (Lipinski definition) is 2. The number of benzene rings is 1. The summed E-state index contributed by atoms with van der Waals surface area (Å²) in [6.45, 7) is 6.21. The van der Waals surface area contributed by atoms with Crippen molar-refractivity contribution in [2.45, 2.75) is 45.7 Å². The van der Waals surface area contributed by atoms with Gasteiger partial charge >= 0.3 is 12.1 Å². The molecule has 0 radical (unpaired) electrons. The lowest BCUT2D eigenvalue weighted by molar-refractivity contribution is -0.187. The molecule has 0 saturated carbocycles. The van der Waals surface area contributed by atoms with Crippen molar-refractivity contribution < 1.29 is 33.0 Å². The molecule has 2 atom stereocenters. The van der Waals surface area contributed by atoms with E-state index < -0.39 is 43.0 Å². The number of phenols is 1. The number of carbonyl (C=O) groups excluding carboxylic acids is 1. The molecular formula is C19H24F3NO4. The summed E-state index contributed by atoms with van der Waals surface area (Å²) in [4.78, 5) is 25.0. The predicted octanol–water partition coefficient (Wildman–Crippen LogP) is 3.97. The van der Waals surface area contributed by atoms with Crippen molar-refractivity contribution in [3.8, 4) is 5.75 Å². The van der Waals surface area contributed by atoms with Gasteiger partial charge in [-0.1, -0.05) is 33.8 Å². The molecule has 2 N–H and O–H groups in total. The predicted molar refractivity (Wildman–Crippen MR) is 92.9 cm³/mol. The first-order valence-corrected chi connectivity index (χ1v) is 8.80. The molecule has 1 amide bonds. The summed E-state index contributed by atoms with van der Waals surface area (Å²) in [5, 5.41) is 19.6. The van der Waals surface area contributed by atoms with Gasteiger partial charge in [0.15, 0.2) is 0 Å². The number of rotatable bonds is 4. The van der Waals surface area contributed by atoms with Gasteiger partial charge < -0.3 is 15.1 Å². The molecule has 1 aliphatic heterocycles. The summed E-state index contributed by atoms with van der Waals surface area (Å²) in [5.74, 6) is -6.52. The van der Waals surface area contributed by atoms with E-state index in [2.05, 4.69) is 0 Å². The Balaban J connectivity index is 2.44. The molecule has 150 valence electrons. The number of carboxylic acid groups (broad SMARTS) is 1. The molecule has 5 nitrogen and oxygen atoms in total. The van der Waals surface area contributed by atoms with Crippen molar-refractivity contribution in [1.82, 2.24) is 4.90 Å². The monoisotopic (exact) mass is 387 g/mol. The highest BCUT2D eigenvalue weighted by Crippen LogP contribution is 2.40. The minimum Gasteiger partial charge on any atom is -0.507 e. The number of aliphatic carboxylic acids is 1. The van der Waals surface area contributed by atoms with Gasteiger partial charge in [-0.25, -0.2) is 0 Å². The van der Waals surface area contributed by atoms with Gasteiger partial charge in [0.1, 0.15) is 5.75 Å². The first-order chi connectivity index (χ1) is 12.3. The SMILES string of the molecule is CC(C)c1cc(C(=O)N2C[C@@H](C(F)(F)F)[C@H](C(=O)O)C2)c(O)c(C(C)C)c1. The molecule has 1 saturated heterocycles. The lowest BCUT2D eigenvalue weighted by Gasteiger charge is -2.21. The van der Waals surface area contributed by atoms with Crippen LogP contribution in [0.15, 0.2) is 12.1 Å². The standard InChI is InChI=1S/C19H24F3NO4/c1-9(2)11-5-12(10(3)4)16(24)13(6-11)17(25)23-7-14(18(26)27)15(8-23)19(20,21)22/h5-6,9-10,14-15,24H,7-8H2,1-4H3,(H,26,27)/t14-,15-/m1/s1. The second-order valence-electron chi connectivity index (χ2n) is 7.62. The summed E-state index contributed by atoms with van der Waals surface area (Å²) >= 11 is 0. The van der Waals surface area contributed by atoms with Crippen LogP contribution >= 0.6 is 0 Å². The van der Waals surface area contributed by atoms with Crippen LogP contribution in [0.5, 0.6) is 5.75 Å². The third-order valence-electron chi connectivity index (χ3n) is 5.03. The third-order valence-corrected chi connectivity index (χ3v) is 5.03. The van der Waals surface area contributed by atoms with Gasteiger partial charge in [0.25, 0.3) is 5.91 Å². The van der Waals surface area contributed by atoms with Crippen molar-refractivity contribution in [2.75, 3.05) is 13.1 Å². The van der Waals surface area contributed by atoms with E-state index in [-0.39, 0.29) is 23.1 Å². The van der Waals surface area contributed by atoms with Crippen LogP contribution in [0.4, 0.5) is 13.2 Å². The summed E-state index contributed by atoms with van der Waals surface area (Å²) in [6.07, 6.45) is -4.72. The minimum absolute atomic E-state index is 0.0444. The summed E-state index contributed by atoms with van der Waals surface area (Å²) in [7, 11) is 0. The lowest BCUT2D eigenvalue weighted by atomic mass is 9.91. The van der Waals surface area contributed by atoms with Crippen molar-refractivity contribution in [1.29, 1.82) is 0 Å². The zero-order valence-electron chi connectivity index (χ0n) is 15.7. The fraction of sp³-hybridized carbons (Fsp3) is 0.579. The Morgan fingerprint density at radius 3 is 2.11 bits per heavy atom. The van der Waals surface area contributed by atoms with E-state index in [1.165, 1.54) is 6.07 Å². The molecular weight excluding hydrogens is 363 g/mol. The number of amides is 1. The van der Waals surface area contributed by atoms with Crippen LogP contribution in [0.3, 0.4) is 0 Å². The summed E-state index contributed by atoms with van der Waals surface area (Å²) in [5.41, 5.74) is 1.23. The second kappa shape index (κ2) is 7.40. The van der Waals surface area contributed by atoms with E-state index in [4.69, 9.17) is 5.11 Å². The Kier molecular flexibility index (Phi) is 5.77. The molecule has 27 heavy (non-hydrogen) atoms. The quantitative estimate of drug-likeness (QED) is 0.819. The van der Waals surface area contributed by atoms with Crippen molar-refractivity contribution in [2.24, 2.45) is 11.8 Å². The Bertz CT molecular complexity index is 743. The van der Waals surface area contributed by atoms with Crippen LogP contribution in [0, 0.1) is 11.8 Å². The molecule has 1 aliphatic rings. The third kappa shape index (κ3) is 4.20. The van der Waals surface area contributed by atoms with Crippen LogP contribution in [0.2, 0.25) is 0 Å². The van der Waals surface area contributed by atoms with Crippen molar-refractivity contribution >= 4 is 11.9 Å². The van der Waals surface area contributed by atoms with Gasteiger partial charge in [0, 0.05) is 13.1 Å². The van der Waals surface area contributed by atoms with Gasteiger partial charge in [0.05, 0.1) is 17.4 Å². The molecule has 1 heterocycles. The highest BCUT2D eigenvalue weighted by molar-refractivity contribution is 5.98. The zero-order valence-corrected chi connectivity index (χ0v) is 15.7. The normalized spacial score (nSPS) is 20.6. The topological polar surface area (TPSA) is 77.8 Å². The largest absolute Gasteiger partial charge is 0.507 e. The molecule has 0 bridgehead atoms. The number of carbonyl (C=O) groups is 2. The highest BCUT2D eigenvalue weighted by Gasteiger charge is 2.53. The van der Waals surface area contributed by atoms with Crippen molar-refractivity contribution in [3.05, 3.63) is 28.8 Å². The van der Waals surface area contributed by atoms with E-state index in [0.717, 1.165) is 10.5 Å². The van der Waals surface area contributed by atoms with Gasteiger partial charge in [-0.15, -0.1) is 0 Å². The first kappa shape index (κ1) is 21.1. The van der Waals surface area contributed by atoms with Crippen molar-refractivity contribution in [3.63, 3.8) is 0 Å². The van der Waals surface area contributed by atoms with Gasteiger partial charge in [-0.05, 0) is 29.0 Å². The molecule has 1 fully saturated rings. The number of aromatic hydroxyl groups is 1. The number of phenolic OH excluding ortho intramolecular Hbond substituents is 1. The second-order valence-corrected chi connectivity index (χ2v) is 7.62. The maximum atomic E-state index is 13.2. The molecule has 0 aliphatic carbocycles. The van der Waals surface area contributed by atoms with E-state index in [1.54, 1.807) is 6.07 Å². The number of hydrogen-bond acceptors (Lipinski definition) is 3.